The molecule has 4 nitrogen and oxygen atoms in total. The first kappa shape index (κ1) is 20.9. The summed E-state index contributed by atoms with van der Waals surface area (Å²) < 4.78 is 11.1. The molecular weight excluding hydrogens is 428 g/mol. The first-order valence-electron chi connectivity index (χ1n) is 10.8. The van der Waals surface area contributed by atoms with Crippen molar-refractivity contribution < 1.29 is 19.1 Å². The van der Waals surface area contributed by atoms with Gasteiger partial charge >= 0.3 is 11.9 Å². The fourth-order valence-electron chi connectivity index (χ4n) is 4.72. The summed E-state index contributed by atoms with van der Waals surface area (Å²) in [6.07, 6.45) is 0. The van der Waals surface area contributed by atoms with Gasteiger partial charge in [-0.1, -0.05) is 91.0 Å². The number of rotatable bonds is 5. The van der Waals surface area contributed by atoms with Crippen LogP contribution in [0.15, 0.2) is 103 Å². The molecule has 4 aromatic rings. The Morgan fingerprint density at radius 1 is 0.788 bits per heavy atom. The largest absolute Gasteiger partial charge is 0.457 e. The second kappa shape index (κ2) is 8.52. The van der Waals surface area contributed by atoms with Crippen LogP contribution in [0, 0.1) is 0 Å². The van der Waals surface area contributed by atoms with Crippen molar-refractivity contribution in [2.75, 3.05) is 0 Å². The molecule has 0 atom stereocenters. The van der Waals surface area contributed by atoms with E-state index in [4.69, 9.17) is 9.47 Å². The van der Waals surface area contributed by atoms with Crippen LogP contribution in [-0.2, 0) is 16.1 Å². The molecule has 1 aliphatic rings. The van der Waals surface area contributed by atoms with E-state index in [0.717, 1.165) is 26.3 Å². The zero-order valence-corrected chi connectivity index (χ0v) is 19.2. The summed E-state index contributed by atoms with van der Waals surface area (Å²) in [6, 6.07) is 34.5. The maximum Gasteiger partial charge on any atom is 0.338 e. The summed E-state index contributed by atoms with van der Waals surface area (Å²) in [7, 11) is -2.97. The van der Waals surface area contributed by atoms with Gasteiger partial charge in [-0.05, 0) is 32.9 Å². The topological polar surface area (TPSA) is 52.6 Å². The Balaban J connectivity index is 1.95. The first-order chi connectivity index (χ1) is 16.1. The van der Waals surface area contributed by atoms with Crippen LogP contribution in [0.3, 0.4) is 0 Å². The minimum absolute atomic E-state index is 0.180. The zero-order chi connectivity index (χ0) is 22.8. The van der Waals surface area contributed by atoms with Crippen LogP contribution >= 0.6 is 0 Å². The second-order valence-corrected chi connectivity index (χ2v) is 11.8. The number of ether oxygens (including phenoxy) is 2. The smallest absolute Gasteiger partial charge is 0.338 e. The molecular formula is C28H22O4Si. The molecule has 162 valence electrons. The third kappa shape index (κ3) is 3.56. The van der Waals surface area contributed by atoms with E-state index in [2.05, 4.69) is 36.4 Å². The van der Waals surface area contributed by atoms with Gasteiger partial charge in [0.1, 0.15) is 12.4 Å². The van der Waals surface area contributed by atoms with Crippen molar-refractivity contribution >= 4 is 40.8 Å². The molecule has 0 amide bonds. The Bertz CT molecular complexity index is 1220. The van der Waals surface area contributed by atoms with E-state index in [1.54, 1.807) is 6.07 Å². The van der Waals surface area contributed by atoms with Crippen molar-refractivity contribution in [2.45, 2.75) is 13.5 Å². The maximum absolute atomic E-state index is 12.6. The lowest BCUT2D eigenvalue weighted by Gasteiger charge is -2.35. The minimum atomic E-state index is -2.97. The van der Waals surface area contributed by atoms with Crippen LogP contribution in [0.4, 0.5) is 0 Å². The van der Waals surface area contributed by atoms with Crippen LogP contribution in [0.2, 0.25) is 0 Å². The number of fused-ring (bicyclic) bond motifs is 1. The molecule has 0 saturated carbocycles. The van der Waals surface area contributed by atoms with Gasteiger partial charge in [-0.3, -0.25) is 4.79 Å². The van der Waals surface area contributed by atoms with Crippen LogP contribution < -0.4 is 25.5 Å². The van der Waals surface area contributed by atoms with Gasteiger partial charge in [-0.15, -0.1) is 0 Å². The minimum Gasteiger partial charge on any atom is -0.457 e. The number of benzene rings is 4. The van der Waals surface area contributed by atoms with Crippen molar-refractivity contribution in [3.63, 3.8) is 0 Å². The van der Waals surface area contributed by atoms with Crippen molar-refractivity contribution in [3.8, 4) is 5.75 Å². The highest BCUT2D eigenvalue weighted by Crippen LogP contribution is 2.26. The van der Waals surface area contributed by atoms with E-state index in [9.17, 15) is 9.59 Å². The van der Waals surface area contributed by atoms with E-state index >= 15 is 0 Å². The fourth-order valence-corrected chi connectivity index (χ4v) is 9.58. The van der Waals surface area contributed by atoms with Crippen molar-refractivity contribution in [3.05, 3.63) is 114 Å². The molecule has 0 N–H and O–H groups in total. The summed E-state index contributed by atoms with van der Waals surface area (Å²) in [5.41, 5.74) is 1.26. The van der Waals surface area contributed by atoms with Crippen LogP contribution in [0.25, 0.3) is 0 Å². The summed E-state index contributed by atoms with van der Waals surface area (Å²) in [5, 5.41) is 4.23. The van der Waals surface area contributed by atoms with Crippen molar-refractivity contribution in [2.24, 2.45) is 0 Å². The Hall–Kier alpha value is -3.96. The molecule has 0 aromatic heterocycles. The molecule has 1 heterocycles. The molecule has 0 fully saturated rings. The monoisotopic (exact) mass is 450 g/mol. The molecule has 1 aliphatic heterocycles. The molecule has 0 aliphatic carbocycles. The average molecular weight is 451 g/mol. The highest BCUT2D eigenvalue weighted by atomic mass is 28.3. The molecule has 0 bridgehead atoms. The van der Waals surface area contributed by atoms with Gasteiger partial charge in [0.05, 0.1) is 5.56 Å². The van der Waals surface area contributed by atoms with Gasteiger partial charge in [0.2, 0.25) is 0 Å². The average Bonchev–Trinajstić information content (AvgIpc) is 3.21. The maximum atomic E-state index is 12.6. The van der Waals surface area contributed by atoms with E-state index < -0.39 is 14.0 Å². The van der Waals surface area contributed by atoms with Gasteiger partial charge in [-0.2, -0.15) is 0 Å². The predicted molar refractivity (Wildman–Crippen MR) is 130 cm³/mol. The van der Waals surface area contributed by atoms with E-state index in [1.165, 1.54) is 6.92 Å². The fraction of sp³-hybridized carbons (Fsp3) is 0.0714. The lowest BCUT2D eigenvalue weighted by Crippen LogP contribution is -2.75. The third-order valence-electron chi connectivity index (χ3n) is 6.06. The quantitative estimate of drug-likeness (QED) is 0.203. The zero-order valence-electron chi connectivity index (χ0n) is 18.2. The molecule has 5 rings (SSSR count). The molecule has 5 heteroatoms. The highest BCUT2D eigenvalue weighted by molar-refractivity contribution is 7.20. The van der Waals surface area contributed by atoms with E-state index in [0.29, 0.717) is 11.3 Å². The number of cyclic esters (lactones) is 1. The summed E-state index contributed by atoms with van der Waals surface area (Å²) in [5.74, 6) is -0.279. The lowest BCUT2D eigenvalue weighted by molar-refractivity contribution is -0.131. The highest BCUT2D eigenvalue weighted by Gasteiger charge is 2.45. The Morgan fingerprint density at radius 3 is 1.73 bits per heavy atom. The van der Waals surface area contributed by atoms with Gasteiger partial charge < -0.3 is 9.47 Å². The summed E-state index contributed by atoms with van der Waals surface area (Å²) in [4.78, 5) is 24.7. The van der Waals surface area contributed by atoms with Crippen LogP contribution in [-0.4, -0.2) is 20.0 Å². The van der Waals surface area contributed by atoms with E-state index in [-0.39, 0.29) is 12.6 Å². The summed E-state index contributed by atoms with van der Waals surface area (Å²) >= 11 is 0. The number of hydrogen-bond acceptors (Lipinski definition) is 4. The van der Waals surface area contributed by atoms with Crippen LogP contribution in [0.5, 0.6) is 5.75 Å². The Labute approximate surface area is 193 Å². The second-order valence-electron chi connectivity index (χ2n) is 8.02. The molecule has 4 aromatic carbocycles. The van der Waals surface area contributed by atoms with Gasteiger partial charge in [-0.25, -0.2) is 4.79 Å². The predicted octanol–water partition coefficient (Wildman–Crippen LogP) is 2.66. The molecule has 0 radical (unpaired) electrons. The molecule has 0 spiro atoms. The third-order valence-corrected chi connectivity index (χ3v) is 10.9. The normalized spacial score (nSPS) is 12.7. The number of carbonyl (C=O) groups is 2. The first-order valence-corrected chi connectivity index (χ1v) is 12.8. The molecule has 0 unspecified atom stereocenters. The van der Waals surface area contributed by atoms with Crippen molar-refractivity contribution in [1.82, 2.24) is 0 Å². The lowest BCUT2D eigenvalue weighted by atomic mass is 10.1. The van der Waals surface area contributed by atoms with Crippen molar-refractivity contribution in [1.29, 1.82) is 0 Å². The summed E-state index contributed by atoms with van der Waals surface area (Å²) in [6.45, 7) is 1.58. The number of carbonyl (C=O) groups excluding carboxylic acids is 2. The van der Waals surface area contributed by atoms with Gasteiger partial charge in [0.25, 0.3) is 0 Å². The number of esters is 2. The number of hydrogen-bond donors (Lipinski definition) is 0. The standard InChI is InChI=1S/C28H22O4Si/c1-20(29)32-26-17-21-19-31-28(30)25(21)18-27(26)33(22-11-5-2-6-12-22,23-13-7-3-8-14-23)24-15-9-4-10-16-24/h2-18H,19H2,1H3. The Morgan fingerprint density at radius 2 is 1.27 bits per heavy atom. The molecule has 0 saturated heterocycles. The SMILES string of the molecule is CC(=O)Oc1cc2c(cc1[Si](c1ccccc1)(c1ccccc1)c1ccccc1)C(=O)OC2. The van der Waals surface area contributed by atoms with Crippen LogP contribution in [0.1, 0.15) is 22.8 Å². The van der Waals surface area contributed by atoms with Gasteiger partial charge in [0, 0.05) is 12.5 Å². The molecule has 33 heavy (non-hydrogen) atoms. The Kier molecular flexibility index (Phi) is 5.40. The van der Waals surface area contributed by atoms with Gasteiger partial charge in [0.15, 0.2) is 8.07 Å². The van der Waals surface area contributed by atoms with E-state index in [1.807, 2.05) is 60.7 Å².